The molecule has 0 N–H and O–H groups in total. The third kappa shape index (κ3) is 4.42. The van der Waals surface area contributed by atoms with Gasteiger partial charge in [0.1, 0.15) is 11.5 Å². The normalized spacial score (nSPS) is 18.8. The van der Waals surface area contributed by atoms with Crippen LogP contribution in [0.25, 0.3) is 5.57 Å². The van der Waals surface area contributed by atoms with Gasteiger partial charge in [-0.2, -0.15) is 0 Å². The molecule has 2 aliphatic rings. The van der Waals surface area contributed by atoms with Gasteiger partial charge in [0, 0.05) is 39.3 Å². The van der Waals surface area contributed by atoms with Crippen molar-refractivity contribution in [1.29, 1.82) is 0 Å². The van der Waals surface area contributed by atoms with E-state index >= 15 is 0 Å². The van der Waals surface area contributed by atoms with Gasteiger partial charge in [0.2, 0.25) is 0 Å². The van der Waals surface area contributed by atoms with Gasteiger partial charge in [-0.15, -0.1) is 0 Å². The zero-order chi connectivity index (χ0) is 20.3. The average Bonchev–Trinajstić information content (AvgIpc) is 2.91. The number of piperazine rings is 1. The predicted octanol–water partition coefficient (Wildman–Crippen LogP) is 1.97. The Morgan fingerprint density at radius 1 is 1.04 bits per heavy atom. The Balaban J connectivity index is 1.86. The van der Waals surface area contributed by atoms with Gasteiger partial charge < -0.3 is 14.5 Å². The van der Waals surface area contributed by atoms with E-state index in [1.807, 2.05) is 25.8 Å². The molecule has 28 heavy (non-hydrogen) atoms. The molecule has 1 saturated heterocycles. The summed E-state index contributed by atoms with van der Waals surface area (Å²) in [6.07, 6.45) is 0.696. The Morgan fingerprint density at radius 2 is 1.68 bits per heavy atom. The summed E-state index contributed by atoms with van der Waals surface area (Å²) in [5.41, 5.74) is 1.39. The molecule has 0 unspecified atom stereocenters. The molecule has 7 heteroatoms. The summed E-state index contributed by atoms with van der Waals surface area (Å²) < 4.78 is 18.9. The molecule has 2 amide bonds. The molecular formula is C21H28FN3O3. The van der Waals surface area contributed by atoms with E-state index in [4.69, 9.17) is 4.74 Å². The molecule has 1 aromatic rings. The number of hydrogen-bond donors (Lipinski definition) is 0. The lowest BCUT2D eigenvalue weighted by atomic mass is 10.0. The lowest BCUT2D eigenvalue weighted by Gasteiger charge is -2.34. The van der Waals surface area contributed by atoms with Crippen molar-refractivity contribution < 1.29 is 18.7 Å². The molecule has 3 rings (SSSR count). The van der Waals surface area contributed by atoms with Crippen molar-refractivity contribution in [3.05, 3.63) is 41.3 Å². The zero-order valence-corrected chi connectivity index (χ0v) is 16.8. The number of imide groups is 1. The van der Waals surface area contributed by atoms with Crippen molar-refractivity contribution in [3.63, 3.8) is 0 Å². The van der Waals surface area contributed by atoms with E-state index in [2.05, 4.69) is 4.90 Å². The van der Waals surface area contributed by atoms with Gasteiger partial charge in [0.25, 0.3) is 11.8 Å². The summed E-state index contributed by atoms with van der Waals surface area (Å²) in [6.45, 7) is 7.71. The van der Waals surface area contributed by atoms with Crippen molar-refractivity contribution >= 4 is 17.4 Å². The molecule has 6 nitrogen and oxygen atoms in total. The van der Waals surface area contributed by atoms with Gasteiger partial charge in [-0.05, 0) is 45.0 Å². The highest BCUT2D eigenvalue weighted by atomic mass is 19.1. The highest BCUT2D eigenvalue weighted by molar-refractivity contribution is 6.35. The zero-order valence-electron chi connectivity index (χ0n) is 16.8. The monoisotopic (exact) mass is 389 g/mol. The predicted molar refractivity (Wildman–Crippen MR) is 105 cm³/mol. The summed E-state index contributed by atoms with van der Waals surface area (Å²) in [5.74, 6) is -0.946. The number of halogens is 1. The van der Waals surface area contributed by atoms with Crippen LogP contribution in [0.2, 0.25) is 0 Å². The largest absolute Gasteiger partial charge is 0.379 e. The molecule has 0 saturated carbocycles. The van der Waals surface area contributed by atoms with Gasteiger partial charge in [0.05, 0.1) is 11.7 Å². The molecule has 0 radical (unpaired) electrons. The molecule has 0 aromatic heterocycles. The molecule has 2 aliphatic heterocycles. The molecule has 0 spiro atoms. The fraction of sp³-hybridized carbons (Fsp3) is 0.524. The molecule has 1 aromatic carbocycles. The van der Waals surface area contributed by atoms with Gasteiger partial charge in [-0.3, -0.25) is 14.5 Å². The Kier molecular flexibility index (Phi) is 6.46. The number of nitrogens with zero attached hydrogens (tertiary/aromatic N) is 3. The van der Waals surface area contributed by atoms with E-state index in [1.165, 1.54) is 17.0 Å². The molecule has 2 heterocycles. The van der Waals surface area contributed by atoms with Crippen LogP contribution in [0.1, 0.15) is 25.8 Å². The Hall–Kier alpha value is -2.25. The number of carbonyl (C=O) groups excluding carboxylic acids is 2. The number of amides is 2. The third-order valence-corrected chi connectivity index (χ3v) is 5.07. The van der Waals surface area contributed by atoms with Crippen LogP contribution < -0.4 is 0 Å². The molecule has 0 bridgehead atoms. The first-order valence-electron chi connectivity index (χ1n) is 9.80. The summed E-state index contributed by atoms with van der Waals surface area (Å²) in [4.78, 5) is 31.8. The van der Waals surface area contributed by atoms with Crippen LogP contribution in [0.3, 0.4) is 0 Å². The maximum absolute atomic E-state index is 13.4. The van der Waals surface area contributed by atoms with Crippen LogP contribution in [0, 0.1) is 5.82 Å². The SMILES string of the molecule is CC(C)OCCCN1C(=O)C(c2ccc(F)cc2)=C(N2CCN(C)CC2)C1=O. The number of likely N-dealkylation sites (N-methyl/N-ethyl adjacent to an activating group) is 1. The van der Waals surface area contributed by atoms with Crippen LogP contribution in [-0.2, 0) is 14.3 Å². The van der Waals surface area contributed by atoms with Gasteiger partial charge in [0.15, 0.2) is 0 Å². The lowest BCUT2D eigenvalue weighted by molar-refractivity contribution is -0.137. The molecule has 0 aliphatic carbocycles. The van der Waals surface area contributed by atoms with E-state index in [1.54, 1.807) is 12.1 Å². The van der Waals surface area contributed by atoms with E-state index in [9.17, 15) is 14.0 Å². The van der Waals surface area contributed by atoms with Crippen molar-refractivity contribution in [1.82, 2.24) is 14.7 Å². The van der Waals surface area contributed by atoms with Crippen molar-refractivity contribution in [2.45, 2.75) is 26.4 Å². The fourth-order valence-electron chi connectivity index (χ4n) is 3.51. The average molecular weight is 389 g/mol. The van der Waals surface area contributed by atoms with E-state index in [-0.39, 0.29) is 23.7 Å². The molecule has 152 valence electrons. The van der Waals surface area contributed by atoms with Gasteiger partial charge in [-0.1, -0.05) is 12.1 Å². The Morgan fingerprint density at radius 3 is 2.29 bits per heavy atom. The number of rotatable bonds is 7. The number of hydrogen-bond acceptors (Lipinski definition) is 5. The maximum Gasteiger partial charge on any atom is 0.277 e. The smallest absolute Gasteiger partial charge is 0.277 e. The maximum atomic E-state index is 13.4. The second-order valence-corrected chi connectivity index (χ2v) is 7.56. The van der Waals surface area contributed by atoms with E-state index < -0.39 is 0 Å². The summed E-state index contributed by atoms with van der Waals surface area (Å²) in [7, 11) is 2.04. The van der Waals surface area contributed by atoms with Gasteiger partial charge >= 0.3 is 0 Å². The topological polar surface area (TPSA) is 53.1 Å². The number of ether oxygens (including phenoxy) is 1. The second-order valence-electron chi connectivity index (χ2n) is 7.56. The summed E-state index contributed by atoms with van der Waals surface area (Å²) in [5, 5.41) is 0. The van der Waals surface area contributed by atoms with Crippen molar-refractivity contribution in [2.24, 2.45) is 0 Å². The number of benzene rings is 1. The summed E-state index contributed by atoms with van der Waals surface area (Å²) in [6, 6.07) is 5.77. The molecule has 0 atom stereocenters. The summed E-state index contributed by atoms with van der Waals surface area (Å²) >= 11 is 0. The van der Waals surface area contributed by atoms with Gasteiger partial charge in [-0.25, -0.2) is 4.39 Å². The molecule has 1 fully saturated rings. The first-order chi connectivity index (χ1) is 13.4. The minimum Gasteiger partial charge on any atom is -0.379 e. The standard InChI is InChI=1S/C21H28FN3O3/c1-15(2)28-14-4-9-25-20(26)18(16-5-7-17(22)8-6-16)19(21(25)27)24-12-10-23(3)11-13-24/h5-8,15H,4,9-14H2,1-3H3. The minimum absolute atomic E-state index is 0.110. The van der Waals surface area contributed by atoms with E-state index in [0.717, 1.165) is 13.1 Å². The van der Waals surface area contributed by atoms with Crippen LogP contribution >= 0.6 is 0 Å². The fourth-order valence-corrected chi connectivity index (χ4v) is 3.51. The molecular weight excluding hydrogens is 361 g/mol. The Labute approximate surface area is 165 Å². The van der Waals surface area contributed by atoms with Crippen LogP contribution in [-0.4, -0.2) is 79.0 Å². The van der Waals surface area contributed by atoms with Crippen LogP contribution in [0.4, 0.5) is 4.39 Å². The minimum atomic E-state index is -0.370. The van der Waals surface area contributed by atoms with Crippen molar-refractivity contribution in [2.75, 3.05) is 46.4 Å². The number of carbonyl (C=O) groups is 2. The highest BCUT2D eigenvalue weighted by Gasteiger charge is 2.41. The first-order valence-corrected chi connectivity index (χ1v) is 9.80. The van der Waals surface area contributed by atoms with Crippen LogP contribution in [0.15, 0.2) is 30.0 Å². The highest BCUT2D eigenvalue weighted by Crippen LogP contribution is 2.32. The van der Waals surface area contributed by atoms with Crippen LogP contribution in [0.5, 0.6) is 0 Å². The Bertz CT molecular complexity index is 753. The third-order valence-electron chi connectivity index (χ3n) is 5.07. The van der Waals surface area contributed by atoms with Crippen molar-refractivity contribution in [3.8, 4) is 0 Å². The first kappa shape index (κ1) is 20.5. The lowest BCUT2D eigenvalue weighted by Crippen LogP contribution is -2.46. The second kappa shape index (κ2) is 8.84. The quantitative estimate of drug-likeness (QED) is 0.527. The van der Waals surface area contributed by atoms with E-state index in [0.29, 0.717) is 49.5 Å².